The second kappa shape index (κ2) is 8.36. The second-order valence-electron chi connectivity index (χ2n) is 5.64. The van der Waals surface area contributed by atoms with Gasteiger partial charge in [0.15, 0.2) is 0 Å². The smallest absolute Gasteiger partial charge is 0.269 e. The summed E-state index contributed by atoms with van der Waals surface area (Å²) < 4.78 is 0. The molecule has 3 N–H and O–H groups in total. The van der Waals surface area contributed by atoms with Crippen LogP contribution in [0, 0.1) is 22.0 Å². The third-order valence-corrected chi connectivity index (χ3v) is 3.25. The molecule has 0 aliphatic heterocycles. The molecule has 6 nitrogen and oxygen atoms in total. The highest BCUT2D eigenvalue weighted by Crippen LogP contribution is 2.15. The number of non-ortho nitro benzene ring substituents is 1. The van der Waals surface area contributed by atoms with Crippen molar-refractivity contribution in [3.8, 4) is 0 Å². The number of rotatable bonds is 8. The van der Waals surface area contributed by atoms with Crippen LogP contribution in [0.25, 0.3) is 0 Å². The van der Waals surface area contributed by atoms with E-state index in [0.29, 0.717) is 25.4 Å². The van der Waals surface area contributed by atoms with Gasteiger partial charge in [-0.15, -0.1) is 0 Å². The first-order valence-electron chi connectivity index (χ1n) is 7.12. The van der Waals surface area contributed by atoms with Crippen molar-refractivity contribution in [2.75, 3.05) is 6.54 Å². The second-order valence-corrected chi connectivity index (χ2v) is 5.64. The SMILES string of the molecule is CC(C)C[C@H](CN)CC(=O)NCc1ccc([N+](=O)[O-])cc1. The van der Waals surface area contributed by atoms with Gasteiger partial charge in [-0.25, -0.2) is 0 Å². The van der Waals surface area contributed by atoms with Crippen molar-refractivity contribution >= 4 is 11.6 Å². The van der Waals surface area contributed by atoms with Crippen molar-refractivity contribution in [2.24, 2.45) is 17.6 Å². The lowest BCUT2D eigenvalue weighted by Crippen LogP contribution is -2.28. The van der Waals surface area contributed by atoms with Crippen LogP contribution in [0.15, 0.2) is 24.3 Å². The molecule has 1 aromatic carbocycles. The Kier molecular flexibility index (Phi) is 6.81. The quantitative estimate of drug-likeness (QED) is 0.567. The van der Waals surface area contributed by atoms with E-state index < -0.39 is 4.92 Å². The lowest BCUT2D eigenvalue weighted by atomic mass is 9.94. The van der Waals surface area contributed by atoms with Gasteiger partial charge in [0.05, 0.1) is 4.92 Å². The fourth-order valence-electron chi connectivity index (χ4n) is 2.20. The molecule has 21 heavy (non-hydrogen) atoms. The number of benzene rings is 1. The van der Waals surface area contributed by atoms with Crippen LogP contribution in [-0.2, 0) is 11.3 Å². The molecule has 116 valence electrons. The summed E-state index contributed by atoms with van der Waals surface area (Å²) >= 11 is 0. The maximum Gasteiger partial charge on any atom is 0.269 e. The molecular weight excluding hydrogens is 270 g/mol. The van der Waals surface area contributed by atoms with Crippen LogP contribution in [0.2, 0.25) is 0 Å². The van der Waals surface area contributed by atoms with E-state index in [9.17, 15) is 14.9 Å². The summed E-state index contributed by atoms with van der Waals surface area (Å²) in [6.07, 6.45) is 1.35. The van der Waals surface area contributed by atoms with Crippen molar-refractivity contribution in [3.05, 3.63) is 39.9 Å². The molecule has 1 amide bonds. The third kappa shape index (κ3) is 6.35. The Hall–Kier alpha value is -1.95. The fraction of sp³-hybridized carbons (Fsp3) is 0.533. The van der Waals surface area contributed by atoms with E-state index >= 15 is 0 Å². The Morgan fingerprint density at radius 1 is 1.33 bits per heavy atom. The summed E-state index contributed by atoms with van der Waals surface area (Å²) in [5, 5.41) is 13.4. The molecule has 0 saturated carbocycles. The molecule has 0 aromatic heterocycles. The van der Waals surface area contributed by atoms with Gasteiger partial charge >= 0.3 is 0 Å². The Labute approximate surface area is 124 Å². The molecule has 0 saturated heterocycles. The number of nitro groups is 1. The van der Waals surface area contributed by atoms with Crippen LogP contribution in [0.1, 0.15) is 32.3 Å². The average Bonchev–Trinajstić information content (AvgIpc) is 2.44. The summed E-state index contributed by atoms with van der Waals surface area (Å²) in [4.78, 5) is 22.0. The summed E-state index contributed by atoms with van der Waals surface area (Å²) in [5.41, 5.74) is 6.56. The zero-order valence-corrected chi connectivity index (χ0v) is 12.5. The lowest BCUT2D eigenvalue weighted by molar-refractivity contribution is -0.384. The van der Waals surface area contributed by atoms with Gasteiger partial charge < -0.3 is 11.1 Å². The zero-order chi connectivity index (χ0) is 15.8. The number of nitrogens with one attached hydrogen (secondary N) is 1. The summed E-state index contributed by atoms with van der Waals surface area (Å²) in [5.74, 6) is 0.673. The van der Waals surface area contributed by atoms with Crippen molar-refractivity contribution in [1.29, 1.82) is 0 Å². The number of hydrogen-bond donors (Lipinski definition) is 2. The maximum absolute atomic E-state index is 11.9. The first-order valence-corrected chi connectivity index (χ1v) is 7.12. The van der Waals surface area contributed by atoms with E-state index in [2.05, 4.69) is 19.2 Å². The molecule has 1 rings (SSSR count). The standard InChI is InChI=1S/C15H23N3O3/c1-11(2)7-13(9-16)8-15(19)17-10-12-3-5-14(6-4-12)18(20)21/h3-6,11,13H,7-10,16H2,1-2H3,(H,17,19)/t13-/m0/s1. The predicted octanol–water partition coefficient (Wildman–Crippen LogP) is 2.22. The van der Waals surface area contributed by atoms with Crippen LogP contribution in [0.3, 0.4) is 0 Å². The van der Waals surface area contributed by atoms with Crippen LogP contribution in [-0.4, -0.2) is 17.4 Å². The normalized spacial score (nSPS) is 12.2. The monoisotopic (exact) mass is 293 g/mol. The minimum Gasteiger partial charge on any atom is -0.352 e. The van der Waals surface area contributed by atoms with Crippen LogP contribution < -0.4 is 11.1 Å². The molecule has 1 atom stereocenters. The van der Waals surface area contributed by atoms with Gasteiger partial charge in [0.2, 0.25) is 5.91 Å². The van der Waals surface area contributed by atoms with E-state index in [0.717, 1.165) is 12.0 Å². The first kappa shape index (κ1) is 17.1. The van der Waals surface area contributed by atoms with Crippen LogP contribution in [0.4, 0.5) is 5.69 Å². The fourth-order valence-corrected chi connectivity index (χ4v) is 2.20. The number of amides is 1. The van der Waals surface area contributed by atoms with Gasteiger partial charge in [0.25, 0.3) is 5.69 Å². The molecular formula is C15H23N3O3. The van der Waals surface area contributed by atoms with Gasteiger partial charge in [-0.1, -0.05) is 26.0 Å². The predicted molar refractivity (Wildman–Crippen MR) is 81.6 cm³/mol. The van der Waals surface area contributed by atoms with Crippen LogP contribution in [0.5, 0.6) is 0 Å². The molecule has 0 radical (unpaired) electrons. The number of nitrogens with zero attached hydrogens (tertiary/aromatic N) is 1. The van der Waals surface area contributed by atoms with E-state index in [1.165, 1.54) is 12.1 Å². The molecule has 0 aliphatic rings. The summed E-state index contributed by atoms with van der Waals surface area (Å²) in [7, 11) is 0. The minimum atomic E-state index is -0.444. The summed E-state index contributed by atoms with van der Waals surface area (Å²) in [6.45, 7) is 5.09. The summed E-state index contributed by atoms with van der Waals surface area (Å²) in [6, 6.07) is 6.16. The number of carbonyl (C=O) groups is 1. The molecule has 0 bridgehead atoms. The van der Waals surface area contributed by atoms with Gasteiger partial charge in [0.1, 0.15) is 0 Å². The average molecular weight is 293 g/mol. The van der Waals surface area contributed by atoms with Gasteiger partial charge in [-0.3, -0.25) is 14.9 Å². The number of nitrogens with two attached hydrogens (primary N) is 1. The zero-order valence-electron chi connectivity index (χ0n) is 12.5. The Bertz CT molecular complexity index is 472. The molecule has 1 aromatic rings. The molecule has 0 spiro atoms. The molecule has 0 fully saturated rings. The van der Waals surface area contributed by atoms with Gasteiger partial charge in [-0.05, 0) is 30.4 Å². The molecule has 0 unspecified atom stereocenters. The van der Waals surface area contributed by atoms with E-state index in [1.54, 1.807) is 12.1 Å². The third-order valence-electron chi connectivity index (χ3n) is 3.25. The van der Waals surface area contributed by atoms with Crippen molar-refractivity contribution < 1.29 is 9.72 Å². The lowest BCUT2D eigenvalue weighted by Gasteiger charge is -2.16. The highest BCUT2D eigenvalue weighted by atomic mass is 16.6. The topological polar surface area (TPSA) is 98.3 Å². The number of carbonyl (C=O) groups excluding carboxylic acids is 1. The van der Waals surface area contributed by atoms with E-state index in [-0.39, 0.29) is 17.5 Å². The number of nitro benzene ring substituents is 1. The Morgan fingerprint density at radius 2 is 1.95 bits per heavy atom. The maximum atomic E-state index is 11.9. The van der Waals surface area contributed by atoms with E-state index in [4.69, 9.17) is 5.73 Å². The first-order chi connectivity index (χ1) is 9.92. The number of hydrogen-bond acceptors (Lipinski definition) is 4. The van der Waals surface area contributed by atoms with Gasteiger partial charge in [-0.2, -0.15) is 0 Å². The van der Waals surface area contributed by atoms with Crippen molar-refractivity contribution in [3.63, 3.8) is 0 Å². The van der Waals surface area contributed by atoms with Crippen molar-refractivity contribution in [1.82, 2.24) is 5.32 Å². The minimum absolute atomic E-state index is 0.0375. The highest BCUT2D eigenvalue weighted by molar-refractivity contribution is 5.76. The Balaban J connectivity index is 2.43. The van der Waals surface area contributed by atoms with Crippen molar-refractivity contribution in [2.45, 2.75) is 33.2 Å². The van der Waals surface area contributed by atoms with E-state index in [1.807, 2.05) is 0 Å². The highest BCUT2D eigenvalue weighted by Gasteiger charge is 2.14. The van der Waals surface area contributed by atoms with Crippen LogP contribution >= 0.6 is 0 Å². The van der Waals surface area contributed by atoms with Gasteiger partial charge in [0, 0.05) is 25.1 Å². The molecule has 0 heterocycles. The molecule has 0 aliphatic carbocycles. The molecule has 6 heteroatoms. The largest absolute Gasteiger partial charge is 0.352 e. The Morgan fingerprint density at radius 3 is 2.43 bits per heavy atom.